The number of nitrogens with one attached hydrogen (secondary N) is 1. The van der Waals surface area contributed by atoms with E-state index in [1.54, 1.807) is 30.0 Å². The number of halogens is 3. The quantitative estimate of drug-likeness (QED) is 0.711. The fourth-order valence-electron chi connectivity index (χ4n) is 3.27. The van der Waals surface area contributed by atoms with Crippen molar-refractivity contribution < 1.29 is 27.8 Å². The fourth-order valence-corrected chi connectivity index (χ4v) is 3.27. The summed E-state index contributed by atoms with van der Waals surface area (Å²) in [5.41, 5.74) is -0.162. The Morgan fingerprint density at radius 1 is 1.27 bits per heavy atom. The zero-order valence-electron chi connectivity index (χ0n) is 16.3. The van der Waals surface area contributed by atoms with Crippen LogP contribution in [0.5, 0.6) is 5.75 Å². The van der Waals surface area contributed by atoms with E-state index in [-0.39, 0.29) is 19.3 Å². The maximum atomic E-state index is 13.2. The molecule has 0 radical (unpaired) electrons. The van der Waals surface area contributed by atoms with E-state index in [1.807, 2.05) is 12.1 Å². The molecule has 30 heavy (non-hydrogen) atoms. The molecule has 3 rings (SSSR count). The first kappa shape index (κ1) is 21.7. The number of nitriles is 1. The summed E-state index contributed by atoms with van der Waals surface area (Å²) in [6, 6.07) is 12.5. The molecule has 0 amide bonds. The molecule has 0 aromatic heterocycles. The summed E-state index contributed by atoms with van der Waals surface area (Å²) in [4.78, 5) is 1.71. The molecule has 2 N–H and O–H groups in total. The third-order valence-corrected chi connectivity index (χ3v) is 4.72. The van der Waals surface area contributed by atoms with Crippen LogP contribution in [0.25, 0.3) is 0 Å². The molecule has 160 valence electrons. The van der Waals surface area contributed by atoms with E-state index >= 15 is 0 Å². The summed E-state index contributed by atoms with van der Waals surface area (Å²) in [6.07, 6.45) is -5.36. The number of rotatable bonds is 7. The number of hydrogen-bond acceptors (Lipinski definition) is 6. The minimum atomic E-state index is -4.61. The molecule has 0 aliphatic carbocycles. The molecule has 1 fully saturated rings. The Balaban J connectivity index is 1.63. The smallest absolute Gasteiger partial charge is 0.417 e. The molecule has 0 saturated carbocycles. The highest BCUT2D eigenvalue weighted by Gasteiger charge is 2.36. The standard InChI is InChI=1S/C21H22F3N3O3/c1-14-27(17-5-2-15(11-25)20(10-17)21(22,23)24)12-19(30-14)13-29-18-6-3-16(4-7-18)26-8-9-28/h2-7,10,14,19,26,28H,8-9,12-13H2,1H3/t14-,19+/m1/s1. The molecular formula is C21H22F3N3O3. The molecule has 9 heteroatoms. The Morgan fingerprint density at radius 2 is 2.00 bits per heavy atom. The average Bonchev–Trinajstić information content (AvgIpc) is 3.11. The van der Waals surface area contributed by atoms with Gasteiger partial charge in [-0.05, 0) is 49.4 Å². The Kier molecular flexibility index (Phi) is 6.70. The molecule has 1 aliphatic heterocycles. The van der Waals surface area contributed by atoms with Crippen molar-refractivity contribution in [3.05, 3.63) is 53.6 Å². The van der Waals surface area contributed by atoms with Gasteiger partial charge in [0.15, 0.2) is 0 Å². The Morgan fingerprint density at radius 3 is 2.63 bits per heavy atom. The highest BCUT2D eigenvalue weighted by atomic mass is 19.4. The second-order valence-corrected chi connectivity index (χ2v) is 6.83. The van der Waals surface area contributed by atoms with Crippen molar-refractivity contribution in [1.82, 2.24) is 0 Å². The Hall–Kier alpha value is -2.96. The van der Waals surface area contributed by atoms with E-state index in [0.29, 0.717) is 24.5 Å². The van der Waals surface area contributed by atoms with E-state index in [1.165, 1.54) is 12.1 Å². The lowest BCUT2D eigenvalue weighted by atomic mass is 10.1. The van der Waals surface area contributed by atoms with Gasteiger partial charge in [0.05, 0.1) is 30.3 Å². The summed E-state index contributed by atoms with van der Waals surface area (Å²) in [5.74, 6) is 0.636. The normalized spacial score (nSPS) is 18.9. The van der Waals surface area contributed by atoms with Crippen molar-refractivity contribution >= 4 is 11.4 Å². The van der Waals surface area contributed by atoms with E-state index < -0.39 is 23.5 Å². The van der Waals surface area contributed by atoms with E-state index in [2.05, 4.69) is 5.32 Å². The number of aliphatic hydroxyl groups is 1. The van der Waals surface area contributed by atoms with Gasteiger partial charge >= 0.3 is 6.18 Å². The molecule has 2 aromatic carbocycles. The second kappa shape index (κ2) is 9.24. The third kappa shape index (κ3) is 5.14. The van der Waals surface area contributed by atoms with Gasteiger partial charge < -0.3 is 24.8 Å². The predicted molar refractivity (Wildman–Crippen MR) is 105 cm³/mol. The first-order valence-corrected chi connectivity index (χ1v) is 9.43. The molecule has 0 unspecified atom stereocenters. The fraction of sp³-hybridized carbons (Fsp3) is 0.381. The van der Waals surface area contributed by atoms with E-state index in [4.69, 9.17) is 19.8 Å². The molecule has 0 spiro atoms. The molecule has 2 atom stereocenters. The topological polar surface area (TPSA) is 77.8 Å². The molecule has 1 aliphatic rings. The minimum Gasteiger partial charge on any atom is -0.491 e. The van der Waals surface area contributed by atoms with Gasteiger partial charge in [-0.3, -0.25) is 0 Å². The van der Waals surface area contributed by atoms with Crippen molar-refractivity contribution in [1.29, 1.82) is 5.26 Å². The van der Waals surface area contributed by atoms with Crippen molar-refractivity contribution in [2.24, 2.45) is 0 Å². The molecule has 1 heterocycles. The van der Waals surface area contributed by atoms with Crippen LogP contribution in [-0.4, -0.2) is 43.7 Å². The van der Waals surface area contributed by atoms with Gasteiger partial charge in [-0.2, -0.15) is 18.4 Å². The van der Waals surface area contributed by atoms with E-state index in [0.717, 1.165) is 11.8 Å². The number of anilines is 2. The van der Waals surface area contributed by atoms with Crippen molar-refractivity contribution in [3.8, 4) is 11.8 Å². The van der Waals surface area contributed by atoms with Crippen LogP contribution >= 0.6 is 0 Å². The lowest BCUT2D eigenvalue weighted by Gasteiger charge is -2.23. The lowest BCUT2D eigenvalue weighted by molar-refractivity contribution is -0.137. The van der Waals surface area contributed by atoms with Gasteiger partial charge in [0.25, 0.3) is 0 Å². The highest BCUT2D eigenvalue weighted by Crippen LogP contribution is 2.36. The summed E-state index contributed by atoms with van der Waals surface area (Å²) in [7, 11) is 0. The summed E-state index contributed by atoms with van der Waals surface area (Å²) in [6.45, 7) is 2.85. The van der Waals surface area contributed by atoms with Crippen molar-refractivity contribution in [2.45, 2.75) is 25.4 Å². The maximum Gasteiger partial charge on any atom is 0.417 e. The Bertz CT molecular complexity index is 897. The van der Waals surface area contributed by atoms with Gasteiger partial charge in [-0.15, -0.1) is 0 Å². The van der Waals surface area contributed by atoms with Crippen LogP contribution in [-0.2, 0) is 10.9 Å². The van der Waals surface area contributed by atoms with Gasteiger partial charge in [0, 0.05) is 17.9 Å². The number of nitrogens with zero attached hydrogens (tertiary/aromatic N) is 2. The number of alkyl halides is 3. The SMILES string of the molecule is C[C@H]1O[C@H](COc2ccc(NCCO)cc2)CN1c1ccc(C#N)c(C(F)(F)F)c1. The van der Waals surface area contributed by atoms with Gasteiger partial charge in [0.2, 0.25) is 0 Å². The maximum absolute atomic E-state index is 13.2. The van der Waals surface area contributed by atoms with Gasteiger partial charge in [0.1, 0.15) is 24.7 Å². The molecule has 6 nitrogen and oxygen atoms in total. The second-order valence-electron chi connectivity index (χ2n) is 6.83. The van der Waals surface area contributed by atoms with Crippen LogP contribution in [0.3, 0.4) is 0 Å². The summed E-state index contributed by atoms with van der Waals surface area (Å²) < 4.78 is 51.3. The molecule has 1 saturated heterocycles. The molecule has 0 bridgehead atoms. The number of aliphatic hydroxyl groups excluding tert-OH is 1. The van der Waals surface area contributed by atoms with Gasteiger partial charge in [-0.1, -0.05) is 0 Å². The predicted octanol–water partition coefficient (Wildman–Crippen LogP) is 3.61. The number of ether oxygens (including phenoxy) is 2. The third-order valence-electron chi connectivity index (χ3n) is 4.72. The first-order chi connectivity index (χ1) is 14.3. The monoisotopic (exact) mass is 421 g/mol. The van der Waals surface area contributed by atoms with E-state index in [9.17, 15) is 13.2 Å². The van der Waals surface area contributed by atoms with Crippen molar-refractivity contribution in [2.75, 3.05) is 36.5 Å². The Labute approximate surface area is 172 Å². The average molecular weight is 421 g/mol. The summed E-state index contributed by atoms with van der Waals surface area (Å²) in [5, 5.41) is 20.8. The van der Waals surface area contributed by atoms with Crippen LogP contribution in [0.15, 0.2) is 42.5 Å². The largest absolute Gasteiger partial charge is 0.491 e. The van der Waals surface area contributed by atoms with Crippen LogP contribution in [0.2, 0.25) is 0 Å². The minimum absolute atomic E-state index is 0.0374. The molecular weight excluding hydrogens is 399 g/mol. The van der Waals surface area contributed by atoms with Crippen molar-refractivity contribution in [3.63, 3.8) is 0 Å². The van der Waals surface area contributed by atoms with Crippen LogP contribution < -0.4 is 15.0 Å². The van der Waals surface area contributed by atoms with Gasteiger partial charge in [-0.25, -0.2) is 0 Å². The number of hydrogen-bond donors (Lipinski definition) is 2. The highest BCUT2D eigenvalue weighted by molar-refractivity contribution is 5.55. The zero-order chi connectivity index (χ0) is 21.7. The molecule has 2 aromatic rings. The zero-order valence-corrected chi connectivity index (χ0v) is 16.3. The van der Waals surface area contributed by atoms with Crippen LogP contribution in [0.4, 0.5) is 24.5 Å². The number of benzene rings is 2. The lowest BCUT2D eigenvalue weighted by Crippen LogP contribution is -2.28. The van der Waals surface area contributed by atoms with Crippen LogP contribution in [0, 0.1) is 11.3 Å². The first-order valence-electron chi connectivity index (χ1n) is 9.43. The summed E-state index contributed by atoms with van der Waals surface area (Å²) >= 11 is 0. The van der Waals surface area contributed by atoms with Crippen LogP contribution in [0.1, 0.15) is 18.1 Å².